The zero-order valence-corrected chi connectivity index (χ0v) is 17.5. The largest absolute Gasteiger partial charge is 0.477 e. The molecule has 1 saturated heterocycles. The molecule has 2 aromatic carbocycles. The maximum absolute atomic E-state index is 12.9. The second-order valence-corrected chi connectivity index (χ2v) is 7.52. The van der Waals surface area contributed by atoms with Crippen molar-refractivity contribution in [3.8, 4) is 5.75 Å². The standard InChI is InChI=1S/C24H24FN3O4/c25-18-6-8-19(9-7-18)26-24(30)17-32-23-16-31-21(14-22(23)29)15-27-10-12-28(13-11-27)20-4-2-1-3-5-20/h1-9,14,16H,10-13,15,17H2,(H,26,30). The lowest BCUT2D eigenvalue weighted by Gasteiger charge is -2.35. The van der Waals surface area contributed by atoms with Crippen molar-refractivity contribution in [2.75, 3.05) is 43.0 Å². The number of halogens is 1. The van der Waals surface area contributed by atoms with Gasteiger partial charge in [-0.05, 0) is 36.4 Å². The number of hydrogen-bond acceptors (Lipinski definition) is 6. The van der Waals surface area contributed by atoms with Crippen molar-refractivity contribution in [2.24, 2.45) is 0 Å². The molecule has 32 heavy (non-hydrogen) atoms. The number of carbonyl (C=O) groups is 1. The van der Waals surface area contributed by atoms with Gasteiger partial charge in [-0.3, -0.25) is 14.5 Å². The van der Waals surface area contributed by atoms with E-state index >= 15 is 0 Å². The summed E-state index contributed by atoms with van der Waals surface area (Å²) in [6.07, 6.45) is 1.24. The van der Waals surface area contributed by atoms with Crippen LogP contribution in [-0.4, -0.2) is 43.6 Å². The number of benzene rings is 2. The van der Waals surface area contributed by atoms with E-state index in [-0.39, 0.29) is 17.8 Å². The summed E-state index contributed by atoms with van der Waals surface area (Å²) >= 11 is 0. The first-order chi connectivity index (χ1) is 15.6. The fourth-order valence-electron chi connectivity index (χ4n) is 3.52. The first-order valence-electron chi connectivity index (χ1n) is 10.4. The van der Waals surface area contributed by atoms with Crippen molar-refractivity contribution >= 4 is 17.3 Å². The second-order valence-electron chi connectivity index (χ2n) is 7.52. The smallest absolute Gasteiger partial charge is 0.262 e. The molecule has 1 amide bonds. The predicted octanol–water partition coefficient (Wildman–Crippen LogP) is 3.12. The molecule has 2 heterocycles. The topological polar surface area (TPSA) is 75.0 Å². The zero-order valence-electron chi connectivity index (χ0n) is 17.5. The Kier molecular flexibility index (Phi) is 6.81. The van der Waals surface area contributed by atoms with Gasteiger partial charge in [0.05, 0.1) is 6.54 Å². The third-order valence-electron chi connectivity index (χ3n) is 5.21. The number of nitrogens with zero attached hydrogens (tertiary/aromatic N) is 2. The average Bonchev–Trinajstić information content (AvgIpc) is 2.81. The van der Waals surface area contributed by atoms with Crippen LogP contribution in [0.4, 0.5) is 15.8 Å². The molecule has 1 aromatic heterocycles. The van der Waals surface area contributed by atoms with Gasteiger partial charge in [0.25, 0.3) is 5.91 Å². The van der Waals surface area contributed by atoms with Crippen LogP contribution in [0.2, 0.25) is 0 Å². The highest BCUT2D eigenvalue weighted by atomic mass is 19.1. The van der Waals surface area contributed by atoms with Gasteiger partial charge >= 0.3 is 0 Å². The Morgan fingerprint density at radius 1 is 1.03 bits per heavy atom. The number of amides is 1. The summed E-state index contributed by atoms with van der Waals surface area (Å²) < 4.78 is 23.8. The van der Waals surface area contributed by atoms with E-state index in [1.54, 1.807) is 0 Å². The number of ether oxygens (including phenoxy) is 1. The molecule has 0 atom stereocenters. The number of rotatable bonds is 7. The number of para-hydroxylation sites is 1. The van der Waals surface area contributed by atoms with Gasteiger partial charge in [-0.25, -0.2) is 4.39 Å². The van der Waals surface area contributed by atoms with Crippen LogP contribution < -0.4 is 20.4 Å². The lowest BCUT2D eigenvalue weighted by molar-refractivity contribution is -0.118. The zero-order chi connectivity index (χ0) is 22.3. The normalized spacial score (nSPS) is 14.2. The van der Waals surface area contributed by atoms with E-state index < -0.39 is 11.7 Å². The van der Waals surface area contributed by atoms with E-state index in [2.05, 4.69) is 27.2 Å². The van der Waals surface area contributed by atoms with E-state index in [1.165, 1.54) is 42.3 Å². The Morgan fingerprint density at radius 2 is 1.75 bits per heavy atom. The highest BCUT2D eigenvalue weighted by Gasteiger charge is 2.18. The molecule has 3 aromatic rings. The van der Waals surface area contributed by atoms with E-state index in [0.717, 1.165) is 26.2 Å². The van der Waals surface area contributed by atoms with Gasteiger partial charge in [-0.15, -0.1) is 0 Å². The Balaban J connectivity index is 1.25. The molecule has 1 N–H and O–H groups in total. The molecule has 1 aliphatic rings. The average molecular weight is 437 g/mol. The van der Waals surface area contributed by atoms with Crippen LogP contribution in [-0.2, 0) is 11.3 Å². The van der Waals surface area contributed by atoms with E-state index in [0.29, 0.717) is 18.0 Å². The first kappa shape index (κ1) is 21.6. The summed E-state index contributed by atoms with van der Waals surface area (Å²) in [5, 5.41) is 2.57. The molecule has 0 unspecified atom stereocenters. The van der Waals surface area contributed by atoms with Crippen LogP contribution in [0.3, 0.4) is 0 Å². The Labute approximate surface area is 185 Å². The molecular weight excluding hydrogens is 413 g/mol. The molecule has 0 saturated carbocycles. The van der Waals surface area contributed by atoms with Crippen molar-refractivity contribution in [1.29, 1.82) is 0 Å². The van der Waals surface area contributed by atoms with Gasteiger partial charge in [0.1, 0.15) is 17.8 Å². The fourth-order valence-corrected chi connectivity index (χ4v) is 3.52. The molecule has 0 aliphatic carbocycles. The van der Waals surface area contributed by atoms with E-state index in [4.69, 9.17) is 9.15 Å². The summed E-state index contributed by atoms with van der Waals surface area (Å²) in [4.78, 5) is 28.9. The molecule has 166 valence electrons. The molecule has 0 bridgehead atoms. The van der Waals surface area contributed by atoms with Crippen LogP contribution in [0.5, 0.6) is 5.75 Å². The number of nitrogens with one attached hydrogen (secondary N) is 1. The van der Waals surface area contributed by atoms with Gasteiger partial charge in [0, 0.05) is 43.6 Å². The summed E-state index contributed by atoms with van der Waals surface area (Å²) in [6.45, 7) is 3.70. The first-order valence-corrected chi connectivity index (χ1v) is 10.4. The van der Waals surface area contributed by atoms with Gasteiger partial charge in [-0.2, -0.15) is 0 Å². The van der Waals surface area contributed by atoms with Gasteiger partial charge < -0.3 is 19.4 Å². The molecule has 4 rings (SSSR count). The van der Waals surface area contributed by atoms with Crippen molar-refractivity contribution in [1.82, 2.24) is 4.90 Å². The lowest BCUT2D eigenvalue weighted by Crippen LogP contribution is -2.46. The molecule has 1 fully saturated rings. The molecule has 1 aliphatic heterocycles. The van der Waals surface area contributed by atoms with Gasteiger partial charge in [-0.1, -0.05) is 18.2 Å². The summed E-state index contributed by atoms with van der Waals surface area (Å²) in [6, 6.07) is 17.0. The molecular formula is C24H24FN3O4. The van der Waals surface area contributed by atoms with Gasteiger partial charge in [0.2, 0.25) is 11.2 Å². The molecule has 7 nitrogen and oxygen atoms in total. The van der Waals surface area contributed by atoms with Crippen molar-refractivity contribution in [2.45, 2.75) is 6.54 Å². The minimum Gasteiger partial charge on any atom is -0.477 e. The summed E-state index contributed by atoms with van der Waals surface area (Å²) in [7, 11) is 0. The van der Waals surface area contributed by atoms with Crippen LogP contribution in [0.15, 0.2) is 76.1 Å². The number of hydrogen-bond donors (Lipinski definition) is 1. The van der Waals surface area contributed by atoms with Crippen molar-refractivity contribution < 1.29 is 18.3 Å². The molecule has 8 heteroatoms. The number of carbonyl (C=O) groups excluding carboxylic acids is 1. The Bertz CT molecular complexity index is 1090. The second kappa shape index (κ2) is 10.1. The maximum Gasteiger partial charge on any atom is 0.262 e. The molecule has 0 radical (unpaired) electrons. The third kappa shape index (κ3) is 5.73. The van der Waals surface area contributed by atoms with E-state index in [9.17, 15) is 14.0 Å². The summed E-state index contributed by atoms with van der Waals surface area (Å²) in [5.41, 5.74) is 1.31. The quantitative estimate of drug-likeness (QED) is 0.612. The monoisotopic (exact) mass is 437 g/mol. The number of piperazine rings is 1. The van der Waals surface area contributed by atoms with Crippen LogP contribution in [0.1, 0.15) is 5.76 Å². The van der Waals surface area contributed by atoms with Gasteiger partial charge in [0.15, 0.2) is 6.61 Å². The number of anilines is 2. The predicted molar refractivity (Wildman–Crippen MR) is 119 cm³/mol. The van der Waals surface area contributed by atoms with Crippen molar-refractivity contribution in [3.63, 3.8) is 0 Å². The third-order valence-corrected chi connectivity index (χ3v) is 5.21. The minimum atomic E-state index is -0.462. The van der Waals surface area contributed by atoms with Crippen LogP contribution in [0, 0.1) is 5.82 Å². The Morgan fingerprint density at radius 3 is 2.44 bits per heavy atom. The molecule has 0 spiro atoms. The Hall–Kier alpha value is -3.65. The lowest BCUT2D eigenvalue weighted by atomic mass is 10.2. The summed E-state index contributed by atoms with van der Waals surface area (Å²) in [5.74, 6) is -0.338. The highest BCUT2D eigenvalue weighted by Crippen LogP contribution is 2.17. The SMILES string of the molecule is O=C(COc1coc(CN2CCN(c3ccccc3)CC2)cc1=O)Nc1ccc(F)cc1. The maximum atomic E-state index is 12.9. The minimum absolute atomic E-state index is 0.0306. The fraction of sp³-hybridized carbons (Fsp3) is 0.250. The van der Waals surface area contributed by atoms with Crippen LogP contribution in [0.25, 0.3) is 0 Å². The van der Waals surface area contributed by atoms with Crippen LogP contribution >= 0.6 is 0 Å². The van der Waals surface area contributed by atoms with E-state index in [1.807, 2.05) is 18.2 Å². The van der Waals surface area contributed by atoms with Crippen molar-refractivity contribution in [3.05, 3.63) is 88.7 Å². The highest BCUT2D eigenvalue weighted by molar-refractivity contribution is 5.91.